The molecule has 11 nitrogen and oxygen atoms in total. The Morgan fingerprint density at radius 1 is 1.10 bits per heavy atom. The van der Waals surface area contributed by atoms with Gasteiger partial charge in [-0.2, -0.15) is 0 Å². The molecule has 1 amide bonds. The summed E-state index contributed by atoms with van der Waals surface area (Å²) in [6, 6.07) is 16.1. The van der Waals surface area contributed by atoms with Crippen LogP contribution in [0.3, 0.4) is 0 Å². The van der Waals surface area contributed by atoms with E-state index >= 15 is 0 Å². The largest absolute Gasteiger partial charge is 0.496 e. The smallest absolute Gasteiger partial charge is 0.414 e. The fourth-order valence-corrected chi connectivity index (χ4v) is 6.31. The molecule has 4 aromatic rings. The van der Waals surface area contributed by atoms with Crippen LogP contribution in [0.1, 0.15) is 41.0 Å². The molecule has 1 fully saturated rings. The molecule has 0 bridgehead atoms. The number of amides is 1. The molecule has 2 aromatic heterocycles. The fraction of sp³-hybridized carbons (Fsp3) is 0.345. The number of rotatable bonds is 8. The van der Waals surface area contributed by atoms with E-state index in [9.17, 15) is 9.90 Å². The Kier molecular flexibility index (Phi) is 9.48. The van der Waals surface area contributed by atoms with Crippen LogP contribution < -0.4 is 15.2 Å². The number of fused-ring (bicyclic) bond motifs is 2. The third-order valence-corrected chi connectivity index (χ3v) is 8.39. The molecule has 5 rings (SSSR count). The number of ether oxygens (including phenoxy) is 2. The summed E-state index contributed by atoms with van der Waals surface area (Å²) >= 11 is 1.86. The van der Waals surface area contributed by atoms with Gasteiger partial charge in [-0.25, -0.2) is 9.59 Å². The first kappa shape index (κ1) is 29.8. The third-order valence-electron chi connectivity index (χ3n) is 7.13. The first-order valence-corrected chi connectivity index (χ1v) is 13.9. The van der Waals surface area contributed by atoms with Crippen molar-refractivity contribution in [3.05, 3.63) is 59.1 Å². The highest BCUT2D eigenvalue weighted by Gasteiger charge is 2.29. The van der Waals surface area contributed by atoms with Gasteiger partial charge in [-0.1, -0.05) is 12.1 Å². The molecule has 0 aliphatic carbocycles. The normalized spacial score (nSPS) is 17.9. The molecule has 0 saturated carbocycles. The molecule has 1 aliphatic heterocycles. The quantitative estimate of drug-likeness (QED) is 0.194. The van der Waals surface area contributed by atoms with Crippen molar-refractivity contribution in [2.75, 3.05) is 26.8 Å². The number of nitrogens with two attached hydrogens (primary N) is 1. The number of carboxylic acids is 2. The van der Waals surface area contributed by atoms with Crippen molar-refractivity contribution < 1.29 is 39.2 Å². The second kappa shape index (κ2) is 13.0. The minimum atomic E-state index is -1.82. The van der Waals surface area contributed by atoms with Crippen LogP contribution in [0, 0.1) is 0 Å². The molecule has 1 aliphatic rings. The number of methoxy groups -OCH3 is 1. The van der Waals surface area contributed by atoms with Crippen molar-refractivity contribution in [2.45, 2.75) is 37.8 Å². The zero-order valence-corrected chi connectivity index (χ0v) is 23.5. The maximum atomic E-state index is 11.5. The first-order chi connectivity index (χ1) is 19.6. The highest BCUT2D eigenvalue weighted by atomic mass is 32.1. The van der Waals surface area contributed by atoms with Crippen molar-refractivity contribution >= 4 is 50.2 Å². The van der Waals surface area contributed by atoms with Gasteiger partial charge in [-0.05, 0) is 68.6 Å². The Morgan fingerprint density at radius 3 is 2.46 bits per heavy atom. The summed E-state index contributed by atoms with van der Waals surface area (Å²) in [5, 5.41) is 27.5. The Labute approximate surface area is 240 Å². The van der Waals surface area contributed by atoms with Crippen LogP contribution in [0.25, 0.3) is 21.0 Å². The van der Waals surface area contributed by atoms with Gasteiger partial charge in [0.05, 0.1) is 7.11 Å². The number of β-amino-alcohol motifs (C(OH)–C–C–N with tert-alkyl or cyclic N) is 1. The van der Waals surface area contributed by atoms with Crippen molar-refractivity contribution in [1.82, 2.24) is 9.88 Å². The number of aliphatic hydroxyl groups is 1. The van der Waals surface area contributed by atoms with E-state index in [2.05, 4.69) is 28.9 Å². The lowest BCUT2D eigenvalue weighted by molar-refractivity contribution is -0.159. The number of primary amides is 1. The summed E-state index contributed by atoms with van der Waals surface area (Å²) in [6.07, 6.45) is 1.50. The maximum absolute atomic E-state index is 11.5. The molecule has 1 saturated heterocycles. The second-order valence-corrected chi connectivity index (χ2v) is 11.0. The van der Waals surface area contributed by atoms with Crippen molar-refractivity contribution in [1.29, 1.82) is 0 Å². The summed E-state index contributed by atoms with van der Waals surface area (Å²) in [5.74, 6) is -2.09. The third kappa shape index (κ3) is 7.15. The van der Waals surface area contributed by atoms with Gasteiger partial charge in [-0.3, -0.25) is 9.69 Å². The molecule has 0 spiro atoms. The number of hydrogen-bond acceptors (Lipinski definition) is 8. The summed E-state index contributed by atoms with van der Waals surface area (Å²) in [4.78, 5) is 36.4. The number of hydrogen-bond donors (Lipinski definition) is 5. The average Bonchev–Trinajstić information content (AvgIpc) is 3.58. The summed E-state index contributed by atoms with van der Waals surface area (Å²) in [7, 11) is 1.72. The Hall–Kier alpha value is -4.13. The van der Waals surface area contributed by atoms with Gasteiger partial charge in [-0.15, -0.1) is 11.3 Å². The fourth-order valence-electron chi connectivity index (χ4n) is 5.08. The zero-order chi connectivity index (χ0) is 29.7. The summed E-state index contributed by atoms with van der Waals surface area (Å²) < 4.78 is 12.7. The van der Waals surface area contributed by atoms with E-state index in [0.717, 1.165) is 36.0 Å². The lowest BCUT2D eigenvalue weighted by atomic mass is 9.90. The number of nitrogens with one attached hydrogen (secondary N) is 1. The molecule has 0 unspecified atom stereocenters. The molecule has 2 aromatic carbocycles. The van der Waals surface area contributed by atoms with Gasteiger partial charge in [0.1, 0.15) is 29.9 Å². The van der Waals surface area contributed by atoms with Crippen LogP contribution in [0.5, 0.6) is 11.5 Å². The van der Waals surface area contributed by atoms with Gasteiger partial charge in [0.2, 0.25) is 0 Å². The number of H-pyrrole nitrogens is 1. The molecule has 3 heterocycles. The van der Waals surface area contributed by atoms with E-state index in [1.165, 1.54) is 15.0 Å². The van der Waals surface area contributed by atoms with Gasteiger partial charge < -0.3 is 35.5 Å². The van der Waals surface area contributed by atoms with Gasteiger partial charge >= 0.3 is 11.9 Å². The van der Waals surface area contributed by atoms with Gasteiger partial charge in [0.15, 0.2) is 0 Å². The van der Waals surface area contributed by atoms with Gasteiger partial charge in [0.25, 0.3) is 5.91 Å². The van der Waals surface area contributed by atoms with Crippen LogP contribution in [-0.2, 0) is 9.59 Å². The van der Waals surface area contributed by atoms with E-state index in [0.29, 0.717) is 29.9 Å². The Balaban J connectivity index is 0.000000585. The van der Waals surface area contributed by atoms with E-state index < -0.39 is 23.9 Å². The minimum absolute atomic E-state index is 0.180. The van der Waals surface area contributed by atoms with Crippen molar-refractivity contribution in [2.24, 2.45) is 5.73 Å². The number of aliphatic hydroxyl groups excluding tert-OH is 1. The van der Waals surface area contributed by atoms with Crippen LogP contribution >= 0.6 is 11.3 Å². The molecule has 0 radical (unpaired) electrons. The number of likely N-dealkylation sites (tertiary alicyclic amines) is 1. The number of carboxylic acid groups (broad SMARTS) is 2. The van der Waals surface area contributed by atoms with E-state index in [4.69, 9.17) is 35.0 Å². The number of aromatic amines is 1. The molecule has 6 N–H and O–H groups in total. The summed E-state index contributed by atoms with van der Waals surface area (Å²) in [6.45, 7) is 3.91. The first-order valence-electron chi connectivity index (χ1n) is 13.1. The maximum Gasteiger partial charge on any atom is 0.414 e. The second-order valence-electron chi connectivity index (χ2n) is 9.93. The minimum Gasteiger partial charge on any atom is -0.496 e. The van der Waals surface area contributed by atoms with E-state index in [-0.39, 0.29) is 6.61 Å². The van der Waals surface area contributed by atoms with Crippen LogP contribution in [-0.4, -0.2) is 82.0 Å². The number of benzene rings is 2. The number of thiophene rings is 1. The Morgan fingerprint density at radius 2 is 1.80 bits per heavy atom. The lowest BCUT2D eigenvalue weighted by Gasteiger charge is -2.38. The number of carbonyl (C=O) groups excluding carboxylic acids is 1. The molecule has 218 valence electrons. The standard InChI is InChI=1S/C27H31N3O4S.C2H2O4/c1-16-11-17(26-13-20-23(33-2)6-4-8-25(20)35-26)9-10-30(16)14-18(31)15-34-24-7-3-5-21-19(24)12-22(29-21)27(28)32;3-1(4)2(5)6/h3-8,12-13,16-18,29,31H,9-11,14-15H2,1-2H3,(H2,28,32);(H,3,4)(H,5,6)/t16-,17-,18-;/m0./s1. The molecule has 3 atom stereocenters. The van der Waals surface area contributed by atoms with E-state index in [1.54, 1.807) is 13.2 Å². The zero-order valence-electron chi connectivity index (χ0n) is 22.7. The SMILES string of the molecule is COc1cccc2sc([C@H]3CCN(C[C@H](O)COc4cccc5[nH]c(C(N)=O)cc45)[C@@H](C)C3)cc12.O=C(O)C(=O)O. The highest BCUT2D eigenvalue weighted by Crippen LogP contribution is 2.40. The summed E-state index contributed by atoms with van der Waals surface area (Å²) in [5.41, 5.74) is 6.50. The monoisotopic (exact) mass is 583 g/mol. The van der Waals surface area contributed by atoms with Crippen LogP contribution in [0.4, 0.5) is 0 Å². The number of aliphatic carboxylic acids is 2. The molecular formula is C29H33N3O8S. The lowest BCUT2D eigenvalue weighted by Crippen LogP contribution is -2.45. The van der Waals surface area contributed by atoms with Crippen molar-refractivity contribution in [3.8, 4) is 11.5 Å². The van der Waals surface area contributed by atoms with Gasteiger partial charge in [0, 0.05) is 38.5 Å². The number of aromatic nitrogens is 1. The molecular weight excluding hydrogens is 550 g/mol. The Bertz CT molecular complexity index is 1540. The number of piperidine rings is 1. The van der Waals surface area contributed by atoms with Crippen LogP contribution in [0.15, 0.2) is 48.5 Å². The molecule has 12 heteroatoms. The van der Waals surface area contributed by atoms with Crippen molar-refractivity contribution in [3.63, 3.8) is 0 Å². The van der Waals surface area contributed by atoms with E-state index in [1.807, 2.05) is 41.7 Å². The topological polar surface area (TPSA) is 175 Å². The highest BCUT2D eigenvalue weighted by molar-refractivity contribution is 7.19. The van der Waals surface area contributed by atoms with Crippen LogP contribution in [0.2, 0.25) is 0 Å². The number of nitrogens with zero attached hydrogens (tertiary/aromatic N) is 1. The predicted molar refractivity (Wildman–Crippen MR) is 155 cm³/mol. The predicted octanol–water partition coefficient (Wildman–Crippen LogP) is 3.65. The molecule has 41 heavy (non-hydrogen) atoms. The average molecular weight is 584 g/mol. The number of carbonyl (C=O) groups is 3.